The number of hydrogen-bond acceptors (Lipinski definition) is 10. The molecule has 4 rings (SSSR count). The Balaban J connectivity index is 1.91. The van der Waals surface area contributed by atoms with Crippen LogP contribution < -0.4 is 10.6 Å². The lowest BCUT2D eigenvalue weighted by atomic mass is 9.93. The molecule has 18 heteroatoms. The van der Waals surface area contributed by atoms with Gasteiger partial charge in [-0.1, -0.05) is 103 Å². The summed E-state index contributed by atoms with van der Waals surface area (Å²) in [7, 11) is 7.27. The zero-order chi connectivity index (χ0) is 54.0. The monoisotopic (exact) mass is 1000 g/mol. The van der Waals surface area contributed by atoms with E-state index in [1.807, 2.05) is 52.8 Å². The third-order valence-electron chi connectivity index (χ3n) is 14.6. The lowest BCUT2D eigenvalue weighted by molar-refractivity contribution is -0.165. The molecule has 0 aliphatic carbocycles. The number of benzene rings is 2. The van der Waals surface area contributed by atoms with E-state index in [9.17, 15) is 43.2 Å². The topological polar surface area (TPSA) is 206 Å². The summed E-state index contributed by atoms with van der Waals surface area (Å²) in [6.45, 7) is 17.5. The Labute approximate surface area is 426 Å². The number of rotatable bonds is 9. The molecule has 2 aromatic rings. The lowest BCUT2D eigenvalue weighted by Gasteiger charge is -2.39. The molecule has 2 fully saturated rings. The number of hydrogen-bond donors (Lipinski definition) is 2. The average Bonchev–Trinajstić information content (AvgIpc) is 3.75. The van der Waals surface area contributed by atoms with Crippen LogP contribution >= 0.6 is 0 Å². The first-order valence-corrected chi connectivity index (χ1v) is 25.3. The van der Waals surface area contributed by atoms with Gasteiger partial charge in [-0.05, 0) is 75.0 Å². The third-order valence-corrected chi connectivity index (χ3v) is 14.6. The summed E-state index contributed by atoms with van der Waals surface area (Å²) in [5.41, 5.74) is 0.934. The largest absolute Gasteiger partial charge is 0.458 e. The molecular formula is C54H80N8O10. The second-order valence-electron chi connectivity index (χ2n) is 20.8. The van der Waals surface area contributed by atoms with Gasteiger partial charge in [-0.15, -0.1) is 0 Å². The van der Waals surface area contributed by atoms with E-state index in [1.54, 1.807) is 63.2 Å². The quantitative estimate of drug-likeness (QED) is 0.349. The van der Waals surface area contributed by atoms with Gasteiger partial charge in [0.15, 0.2) is 0 Å². The molecule has 0 unspecified atom stereocenters. The van der Waals surface area contributed by atoms with Crippen molar-refractivity contribution in [3.63, 3.8) is 0 Å². The summed E-state index contributed by atoms with van der Waals surface area (Å²) < 4.78 is 6.10. The van der Waals surface area contributed by atoms with Crippen molar-refractivity contribution in [3.05, 3.63) is 71.8 Å². The van der Waals surface area contributed by atoms with E-state index < -0.39 is 120 Å². The molecule has 18 nitrogen and oxygen atoms in total. The maximum Gasteiger partial charge on any atom is 0.329 e. The van der Waals surface area contributed by atoms with Crippen LogP contribution in [-0.4, -0.2) is 179 Å². The Morgan fingerprint density at radius 1 is 0.667 bits per heavy atom. The summed E-state index contributed by atoms with van der Waals surface area (Å²) in [6, 6.07) is 7.66. The van der Waals surface area contributed by atoms with Crippen LogP contribution in [0.2, 0.25) is 0 Å². The van der Waals surface area contributed by atoms with Crippen LogP contribution in [0.4, 0.5) is 0 Å². The lowest BCUT2D eigenvalue weighted by Crippen LogP contribution is -2.61. The van der Waals surface area contributed by atoms with Gasteiger partial charge in [0.05, 0.1) is 0 Å². The number of ether oxygens (including phenoxy) is 1. The second-order valence-corrected chi connectivity index (χ2v) is 20.8. The highest BCUT2D eigenvalue weighted by Gasteiger charge is 2.46. The summed E-state index contributed by atoms with van der Waals surface area (Å²) in [4.78, 5) is 139. The highest BCUT2D eigenvalue weighted by atomic mass is 16.5. The average molecular weight is 1000 g/mol. The first kappa shape index (κ1) is 58.2. The highest BCUT2D eigenvalue weighted by Crippen LogP contribution is 2.28. The van der Waals surface area contributed by atoms with E-state index in [-0.39, 0.29) is 43.2 Å². The summed E-state index contributed by atoms with van der Waals surface area (Å²) in [5.74, 6) is -6.99. The molecule has 2 aliphatic heterocycles. The van der Waals surface area contributed by atoms with Gasteiger partial charge in [-0.2, -0.15) is 0 Å². The molecule has 2 saturated heterocycles. The van der Waals surface area contributed by atoms with Crippen LogP contribution in [0.25, 0.3) is 0 Å². The molecular weight excluding hydrogens is 921 g/mol. The van der Waals surface area contributed by atoms with Crippen LogP contribution in [0.3, 0.4) is 0 Å². The minimum Gasteiger partial charge on any atom is -0.458 e. The molecule has 11 atom stereocenters. The normalized spacial score (nSPS) is 28.0. The van der Waals surface area contributed by atoms with Gasteiger partial charge in [0.1, 0.15) is 54.4 Å². The Bertz CT molecular complexity index is 2260. The van der Waals surface area contributed by atoms with Gasteiger partial charge in [0.25, 0.3) is 5.91 Å². The number of nitrogens with one attached hydrogen (secondary N) is 2. The summed E-state index contributed by atoms with van der Waals surface area (Å²) in [6.07, 6.45) is -0.443. The van der Waals surface area contributed by atoms with Crippen LogP contribution in [-0.2, 0) is 49.5 Å². The molecule has 0 aromatic heterocycles. The van der Waals surface area contributed by atoms with Crippen molar-refractivity contribution in [3.8, 4) is 0 Å². The number of nitrogens with zero attached hydrogens (tertiary/aromatic N) is 6. The third kappa shape index (κ3) is 13.6. The SMILES string of the molecule is CC[C@H](C)[C@H]1C(=O)N(C)[C@@H](C(C)C)C(=O)O[C@H](C)[C@H](NC(=O)c2ccccc2)C(=O)N(C)[C@@H](CC(C)C)C(=O)N(C)[C@@H](C)C(=O)N2C[C@H](C)C[C@H]2C(=O)N(C)[C@@H](C)C(=O)N[C@@H](Cc2ccccc2)C(=O)N1C. The summed E-state index contributed by atoms with van der Waals surface area (Å²) in [5, 5.41) is 5.64. The van der Waals surface area contributed by atoms with Gasteiger partial charge in [-0.3, -0.25) is 38.4 Å². The molecule has 2 heterocycles. The fraction of sp³-hybridized carbons (Fsp3) is 0.611. The molecule has 0 saturated carbocycles. The first-order valence-electron chi connectivity index (χ1n) is 25.3. The van der Waals surface area contributed by atoms with Crippen LogP contribution in [0.1, 0.15) is 104 Å². The van der Waals surface area contributed by atoms with Gasteiger partial charge in [-0.25, -0.2) is 4.79 Å². The van der Waals surface area contributed by atoms with Gasteiger partial charge in [0, 0.05) is 53.8 Å². The number of carbonyl (C=O) groups is 9. The predicted molar refractivity (Wildman–Crippen MR) is 272 cm³/mol. The van der Waals surface area contributed by atoms with Gasteiger partial charge in [0.2, 0.25) is 41.4 Å². The maximum absolute atomic E-state index is 15.0. The maximum atomic E-state index is 15.0. The van der Waals surface area contributed by atoms with Gasteiger partial charge >= 0.3 is 5.97 Å². The molecule has 8 amide bonds. The Morgan fingerprint density at radius 2 is 1.22 bits per heavy atom. The molecule has 2 aliphatic rings. The smallest absolute Gasteiger partial charge is 0.329 e. The van der Waals surface area contributed by atoms with Crippen molar-refractivity contribution in [1.29, 1.82) is 0 Å². The minimum atomic E-state index is -1.55. The van der Waals surface area contributed by atoms with Crippen LogP contribution in [0, 0.1) is 23.7 Å². The summed E-state index contributed by atoms with van der Waals surface area (Å²) >= 11 is 0. The van der Waals surface area contributed by atoms with Crippen molar-refractivity contribution >= 4 is 53.2 Å². The van der Waals surface area contributed by atoms with Gasteiger partial charge < -0.3 is 44.8 Å². The van der Waals surface area contributed by atoms with Crippen LogP contribution in [0.5, 0.6) is 0 Å². The Morgan fingerprint density at radius 3 is 1.78 bits per heavy atom. The number of fused-ring (bicyclic) bond motifs is 1. The Hall–Kier alpha value is -6.33. The molecule has 0 spiro atoms. The first-order chi connectivity index (χ1) is 33.7. The number of likely N-dealkylation sites (N-methyl/N-ethyl adjacent to an activating group) is 5. The zero-order valence-corrected chi connectivity index (χ0v) is 45.1. The predicted octanol–water partition coefficient (Wildman–Crippen LogP) is 3.62. The van der Waals surface area contributed by atoms with Crippen LogP contribution in [0.15, 0.2) is 60.7 Å². The van der Waals surface area contributed by atoms with E-state index in [4.69, 9.17) is 4.74 Å². The minimum absolute atomic E-state index is 0.0384. The number of amides is 8. The fourth-order valence-electron chi connectivity index (χ4n) is 9.68. The van der Waals surface area contributed by atoms with Crippen molar-refractivity contribution in [2.45, 2.75) is 149 Å². The van der Waals surface area contributed by atoms with E-state index in [2.05, 4.69) is 10.6 Å². The second kappa shape index (κ2) is 25.4. The van der Waals surface area contributed by atoms with E-state index >= 15 is 0 Å². The number of esters is 1. The van der Waals surface area contributed by atoms with E-state index in [1.165, 1.54) is 78.5 Å². The molecule has 2 N–H and O–H groups in total. The van der Waals surface area contributed by atoms with Crippen molar-refractivity contribution in [2.75, 3.05) is 41.8 Å². The fourth-order valence-corrected chi connectivity index (χ4v) is 9.68. The molecule has 2 aromatic carbocycles. The molecule has 396 valence electrons. The molecule has 72 heavy (non-hydrogen) atoms. The van der Waals surface area contributed by atoms with Crippen molar-refractivity contribution in [2.24, 2.45) is 23.7 Å². The van der Waals surface area contributed by atoms with E-state index in [0.717, 1.165) is 5.56 Å². The van der Waals surface area contributed by atoms with E-state index in [0.29, 0.717) is 6.42 Å². The molecule has 0 radical (unpaired) electrons. The zero-order valence-electron chi connectivity index (χ0n) is 45.1. The highest BCUT2D eigenvalue weighted by molar-refractivity contribution is 6.00. The van der Waals surface area contributed by atoms with Crippen molar-refractivity contribution in [1.82, 2.24) is 40.0 Å². The standard InChI is InChI=1S/C54H80N8O10/c1-16-34(7)45-53(70)60(14)44(32(4)5)54(71)72-37(10)43(56-47(64)39-25-21-18-22-26-39)52(69)59(13)41(27-31(2)3)50(67)58(12)36(9)48(65)62-30-33(6)28-42(62)51(68)57(11)35(8)46(63)55-40(49(66)61(45)15)29-38-23-19-17-20-24-38/h17-26,31-37,40-45H,16,27-30H2,1-15H3,(H,55,63)(H,56,64)/t33-,34+,35+,36+,37-,40+,41+,42+,43+,44+,45+/m1/s1. The Kier molecular flexibility index (Phi) is 20.5. The number of cyclic esters (lactones) is 1. The number of carbonyl (C=O) groups excluding carboxylic acids is 9. The van der Waals surface area contributed by atoms with Crippen molar-refractivity contribution < 1.29 is 47.9 Å². The molecule has 0 bridgehead atoms.